The molecular formula is C37H62N2. The average Bonchev–Trinajstić information content (AvgIpc) is 2.97. The van der Waals surface area contributed by atoms with Crippen molar-refractivity contribution >= 4 is 0 Å². The van der Waals surface area contributed by atoms with Crippen LogP contribution in [0.2, 0.25) is 0 Å². The quantitative estimate of drug-likeness (QED) is 0.112. The van der Waals surface area contributed by atoms with E-state index in [4.69, 9.17) is 0 Å². The number of unbranched alkanes of at least 4 members (excludes halogenated alkanes) is 21. The number of hydrogen-bond acceptors (Lipinski definition) is 2. The van der Waals surface area contributed by atoms with Gasteiger partial charge in [0, 0.05) is 18.0 Å². The van der Waals surface area contributed by atoms with Crippen LogP contribution in [0.5, 0.6) is 0 Å². The lowest BCUT2D eigenvalue weighted by molar-refractivity contribution is 0.544. The van der Waals surface area contributed by atoms with Crippen LogP contribution >= 0.6 is 0 Å². The number of hydrogen-bond donors (Lipinski definition) is 0. The van der Waals surface area contributed by atoms with Crippen LogP contribution in [-0.4, -0.2) is 9.97 Å². The first-order valence-electron chi connectivity index (χ1n) is 17.2. The highest BCUT2D eigenvalue weighted by molar-refractivity contribution is 5.55. The zero-order chi connectivity index (χ0) is 27.6. The fourth-order valence-electron chi connectivity index (χ4n) is 5.62. The summed E-state index contributed by atoms with van der Waals surface area (Å²) in [5.74, 6) is 0.856. The lowest BCUT2D eigenvalue weighted by Crippen LogP contribution is -1.94. The van der Waals surface area contributed by atoms with E-state index >= 15 is 0 Å². The van der Waals surface area contributed by atoms with Gasteiger partial charge in [-0.3, -0.25) is 0 Å². The normalized spacial score (nSPS) is 11.3. The molecule has 0 aliphatic rings. The van der Waals surface area contributed by atoms with Crippen LogP contribution in [0.15, 0.2) is 36.7 Å². The molecule has 2 heteroatoms. The SMILES string of the molecule is CCCCCCCCCCCCCCc1ccc(-c2ncc(CCCCCCCCCCCCC)cn2)cc1. The van der Waals surface area contributed by atoms with Gasteiger partial charge in [0.05, 0.1) is 0 Å². The minimum absolute atomic E-state index is 0.856. The van der Waals surface area contributed by atoms with E-state index in [1.54, 1.807) is 0 Å². The second kappa shape index (κ2) is 24.1. The largest absolute Gasteiger partial charge is 0.236 e. The Bertz CT molecular complexity index is 780. The zero-order valence-corrected chi connectivity index (χ0v) is 26.0. The van der Waals surface area contributed by atoms with Crippen molar-refractivity contribution in [3.63, 3.8) is 0 Å². The summed E-state index contributed by atoms with van der Waals surface area (Å²) in [5, 5.41) is 0. The Morgan fingerprint density at radius 2 is 0.718 bits per heavy atom. The molecule has 0 spiro atoms. The smallest absolute Gasteiger partial charge is 0.159 e. The predicted molar refractivity (Wildman–Crippen MR) is 172 cm³/mol. The van der Waals surface area contributed by atoms with E-state index in [1.807, 2.05) is 12.4 Å². The third-order valence-electron chi connectivity index (χ3n) is 8.31. The van der Waals surface area contributed by atoms with Gasteiger partial charge < -0.3 is 0 Å². The number of aryl methyl sites for hydroxylation is 2. The molecule has 0 amide bonds. The van der Waals surface area contributed by atoms with Gasteiger partial charge in [0.25, 0.3) is 0 Å². The van der Waals surface area contributed by atoms with Crippen molar-refractivity contribution in [3.8, 4) is 11.4 Å². The molecule has 1 heterocycles. The molecule has 0 fully saturated rings. The highest BCUT2D eigenvalue weighted by atomic mass is 14.9. The third-order valence-corrected chi connectivity index (χ3v) is 8.31. The molecule has 0 N–H and O–H groups in total. The summed E-state index contributed by atoms with van der Waals surface area (Å²) in [6.07, 6.45) is 38.6. The Labute approximate surface area is 243 Å². The average molecular weight is 535 g/mol. The molecule has 0 atom stereocenters. The highest BCUT2D eigenvalue weighted by Crippen LogP contribution is 2.19. The highest BCUT2D eigenvalue weighted by Gasteiger charge is 2.03. The molecule has 2 aromatic rings. The molecule has 39 heavy (non-hydrogen) atoms. The molecule has 0 aliphatic heterocycles. The number of nitrogens with zero attached hydrogens (tertiary/aromatic N) is 2. The topological polar surface area (TPSA) is 25.8 Å². The minimum Gasteiger partial charge on any atom is -0.236 e. The predicted octanol–water partition coefficient (Wildman–Crippen LogP) is 12.2. The molecule has 1 aromatic carbocycles. The van der Waals surface area contributed by atoms with Crippen LogP contribution in [-0.2, 0) is 12.8 Å². The molecule has 1 aromatic heterocycles. The molecule has 0 unspecified atom stereocenters. The van der Waals surface area contributed by atoms with E-state index in [2.05, 4.69) is 48.1 Å². The Kier molecular flexibility index (Phi) is 20.7. The summed E-state index contributed by atoms with van der Waals surface area (Å²) in [7, 11) is 0. The molecule has 0 saturated heterocycles. The molecule has 0 saturated carbocycles. The van der Waals surface area contributed by atoms with Gasteiger partial charge in [-0.2, -0.15) is 0 Å². The first-order chi connectivity index (χ1) is 19.3. The van der Waals surface area contributed by atoms with Crippen molar-refractivity contribution in [3.05, 3.63) is 47.8 Å². The van der Waals surface area contributed by atoms with Gasteiger partial charge in [-0.05, 0) is 36.8 Å². The van der Waals surface area contributed by atoms with Crippen LogP contribution in [0, 0.1) is 0 Å². The summed E-state index contributed by atoms with van der Waals surface area (Å²) < 4.78 is 0. The first kappa shape index (κ1) is 33.5. The van der Waals surface area contributed by atoms with E-state index in [0.29, 0.717) is 0 Å². The Hall–Kier alpha value is -1.70. The van der Waals surface area contributed by atoms with Gasteiger partial charge in [0.2, 0.25) is 0 Å². The monoisotopic (exact) mass is 534 g/mol. The van der Waals surface area contributed by atoms with E-state index in [0.717, 1.165) is 17.8 Å². The number of aromatic nitrogens is 2. The lowest BCUT2D eigenvalue weighted by atomic mass is 10.0. The van der Waals surface area contributed by atoms with E-state index in [9.17, 15) is 0 Å². The zero-order valence-electron chi connectivity index (χ0n) is 26.0. The van der Waals surface area contributed by atoms with Crippen molar-refractivity contribution in [1.82, 2.24) is 9.97 Å². The van der Waals surface area contributed by atoms with Crippen LogP contribution in [0.25, 0.3) is 11.4 Å². The molecule has 0 aliphatic carbocycles. The van der Waals surface area contributed by atoms with Crippen molar-refractivity contribution in [2.45, 2.75) is 174 Å². The number of benzene rings is 1. The lowest BCUT2D eigenvalue weighted by Gasteiger charge is -2.06. The fraction of sp³-hybridized carbons (Fsp3) is 0.730. The van der Waals surface area contributed by atoms with Crippen molar-refractivity contribution in [2.24, 2.45) is 0 Å². The van der Waals surface area contributed by atoms with Gasteiger partial charge >= 0.3 is 0 Å². The van der Waals surface area contributed by atoms with Crippen molar-refractivity contribution in [1.29, 1.82) is 0 Å². The maximum absolute atomic E-state index is 4.67. The minimum atomic E-state index is 0.856. The second-order valence-corrected chi connectivity index (χ2v) is 12.0. The van der Waals surface area contributed by atoms with Crippen LogP contribution in [0.4, 0.5) is 0 Å². The van der Waals surface area contributed by atoms with Crippen molar-refractivity contribution < 1.29 is 0 Å². The van der Waals surface area contributed by atoms with Crippen molar-refractivity contribution in [2.75, 3.05) is 0 Å². The second-order valence-electron chi connectivity index (χ2n) is 12.0. The molecule has 2 nitrogen and oxygen atoms in total. The summed E-state index contributed by atoms with van der Waals surface area (Å²) in [4.78, 5) is 9.35. The maximum atomic E-state index is 4.67. The Balaban J connectivity index is 1.49. The maximum Gasteiger partial charge on any atom is 0.159 e. The molecule has 0 radical (unpaired) electrons. The van der Waals surface area contributed by atoms with Crippen LogP contribution in [0.1, 0.15) is 173 Å². The van der Waals surface area contributed by atoms with Gasteiger partial charge in [-0.25, -0.2) is 9.97 Å². The molecule has 220 valence electrons. The van der Waals surface area contributed by atoms with Crippen LogP contribution in [0.3, 0.4) is 0 Å². The summed E-state index contributed by atoms with van der Waals surface area (Å²) in [6, 6.07) is 8.95. The van der Waals surface area contributed by atoms with Crippen LogP contribution < -0.4 is 0 Å². The summed E-state index contributed by atoms with van der Waals surface area (Å²) >= 11 is 0. The Morgan fingerprint density at radius 3 is 1.10 bits per heavy atom. The van der Waals surface area contributed by atoms with Gasteiger partial charge in [0.1, 0.15) is 0 Å². The number of rotatable bonds is 26. The van der Waals surface area contributed by atoms with Gasteiger partial charge in [0.15, 0.2) is 5.82 Å². The van der Waals surface area contributed by atoms with E-state index in [-0.39, 0.29) is 0 Å². The Morgan fingerprint density at radius 1 is 0.385 bits per heavy atom. The first-order valence-corrected chi connectivity index (χ1v) is 17.2. The summed E-state index contributed by atoms with van der Waals surface area (Å²) in [6.45, 7) is 4.59. The van der Waals surface area contributed by atoms with Gasteiger partial charge in [-0.1, -0.05) is 173 Å². The molecule has 0 bridgehead atoms. The van der Waals surface area contributed by atoms with Gasteiger partial charge in [-0.15, -0.1) is 0 Å². The third kappa shape index (κ3) is 17.6. The summed E-state index contributed by atoms with van der Waals surface area (Å²) in [5.41, 5.74) is 3.85. The molecule has 2 rings (SSSR count). The standard InChI is InChI=1S/C37H62N2/c1-3-5-7-9-11-13-15-17-18-20-22-24-26-34-28-30-36(31-29-34)37-38-32-35(33-39-37)27-25-23-21-19-16-14-12-10-8-6-4-2/h28-33H,3-27H2,1-2H3. The van der Waals surface area contributed by atoms with E-state index < -0.39 is 0 Å². The fourth-order valence-corrected chi connectivity index (χ4v) is 5.62. The van der Waals surface area contributed by atoms with E-state index in [1.165, 1.54) is 165 Å². The molecular weight excluding hydrogens is 472 g/mol.